The van der Waals surface area contributed by atoms with Crippen molar-refractivity contribution in [2.75, 3.05) is 42.7 Å². The summed E-state index contributed by atoms with van der Waals surface area (Å²) in [5, 5.41) is 13.8. The monoisotopic (exact) mass is 719 g/mol. The number of nitrogens with zero attached hydrogens (tertiary/aromatic N) is 2. The van der Waals surface area contributed by atoms with Crippen LogP contribution in [-0.4, -0.2) is 46.7 Å². The molecule has 1 aliphatic rings. The molecule has 16 heteroatoms. The van der Waals surface area contributed by atoms with Crippen molar-refractivity contribution >= 4 is 37.9 Å². The molecule has 7 nitrogen and oxygen atoms in total. The van der Waals surface area contributed by atoms with Crippen molar-refractivity contribution in [3.63, 3.8) is 0 Å². The van der Waals surface area contributed by atoms with Gasteiger partial charge < -0.3 is 10.2 Å². The molecule has 0 bridgehead atoms. The van der Waals surface area contributed by atoms with Gasteiger partial charge in [-0.3, -0.25) is 8.98 Å². The third-order valence-electron chi connectivity index (χ3n) is 8.29. The van der Waals surface area contributed by atoms with Crippen LogP contribution in [0.1, 0.15) is 54.5 Å². The second-order valence-corrected chi connectivity index (χ2v) is 14.8. The van der Waals surface area contributed by atoms with Crippen LogP contribution in [0.2, 0.25) is 0 Å². The second-order valence-electron chi connectivity index (χ2n) is 12.2. The highest BCUT2D eigenvalue weighted by Gasteiger charge is 2.40. The van der Waals surface area contributed by atoms with Crippen LogP contribution in [0.4, 0.5) is 41.4 Å². The van der Waals surface area contributed by atoms with E-state index in [1.54, 1.807) is 6.92 Å². The first-order chi connectivity index (χ1) is 22.1. The van der Waals surface area contributed by atoms with Gasteiger partial charge in [-0.05, 0) is 86.6 Å². The fourth-order valence-corrected chi connectivity index (χ4v) is 7.18. The van der Waals surface area contributed by atoms with Gasteiger partial charge in [-0.2, -0.15) is 40.0 Å². The summed E-state index contributed by atoms with van der Waals surface area (Å²) in [6.45, 7) is 4.44. The number of carbonyl (C=O) groups excluding carboxylic acids is 1. The van der Waals surface area contributed by atoms with Crippen molar-refractivity contribution in [3.05, 3.63) is 70.0 Å². The Balaban J connectivity index is 1.68. The van der Waals surface area contributed by atoms with Gasteiger partial charge in [-0.15, -0.1) is 11.3 Å². The average molecular weight is 720 g/mol. The Hall–Kier alpha value is -3.68. The number of Topliss-reactive ketones (excluding diaryl/α,β-unsaturated/α-hetero) is 1. The van der Waals surface area contributed by atoms with Crippen molar-refractivity contribution in [1.82, 2.24) is 0 Å². The maximum Gasteiger partial charge on any atom is 0.416 e. The molecule has 48 heavy (non-hydrogen) atoms. The van der Waals surface area contributed by atoms with Crippen molar-refractivity contribution in [1.29, 1.82) is 5.26 Å². The number of thiophene rings is 1. The number of nitriles is 1. The van der Waals surface area contributed by atoms with E-state index < -0.39 is 62.7 Å². The molecule has 1 aliphatic heterocycles. The molecule has 0 amide bonds. The molecule has 260 valence electrons. The lowest BCUT2D eigenvalue weighted by atomic mass is 9.79. The Morgan fingerprint density at radius 2 is 1.58 bits per heavy atom. The van der Waals surface area contributed by atoms with Crippen LogP contribution < -0.4 is 10.2 Å². The van der Waals surface area contributed by atoms with Crippen molar-refractivity contribution in [2.24, 2.45) is 5.92 Å². The van der Waals surface area contributed by atoms with Crippen LogP contribution in [0.5, 0.6) is 0 Å². The zero-order chi connectivity index (χ0) is 35.8. The highest BCUT2D eigenvalue weighted by molar-refractivity contribution is 7.85. The molecule has 1 aromatic heterocycles. The first-order valence-electron chi connectivity index (χ1n) is 14.6. The van der Waals surface area contributed by atoms with Crippen LogP contribution >= 0.6 is 11.3 Å². The summed E-state index contributed by atoms with van der Waals surface area (Å²) in [6, 6.07) is 7.21. The molecule has 0 radical (unpaired) electrons. The number of nitrogens with one attached hydrogen (secondary N) is 1. The van der Waals surface area contributed by atoms with E-state index in [-0.39, 0.29) is 29.8 Å². The quantitative estimate of drug-likeness (QED) is 0.168. The zero-order valence-corrected chi connectivity index (χ0v) is 27.9. The highest BCUT2D eigenvalue weighted by Crippen LogP contribution is 2.47. The molecule has 0 atom stereocenters. The van der Waals surface area contributed by atoms with E-state index in [1.807, 2.05) is 4.90 Å². The lowest BCUT2D eigenvalue weighted by molar-refractivity contribution is -0.143. The molecular formula is C32H32F7N3O4S2. The highest BCUT2D eigenvalue weighted by atomic mass is 32.2. The molecule has 3 aromatic rings. The molecule has 4 rings (SSSR count). The van der Waals surface area contributed by atoms with E-state index in [4.69, 9.17) is 4.18 Å². The molecule has 1 fully saturated rings. The second kappa shape index (κ2) is 13.7. The Morgan fingerprint density at radius 3 is 2.08 bits per heavy atom. The molecule has 2 heterocycles. The molecule has 2 aromatic carbocycles. The summed E-state index contributed by atoms with van der Waals surface area (Å²) in [6.07, 6.45) is -8.13. The molecule has 0 saturated carbocycles. The fourth-order valence-electron chi connectivity index (χ4n) is 5.37. The molecular weight excluding hydrogens is 687 g/mol. The summed E-state index contributed by atoms with van der Waals surface area (Å²) in [7, 11) is -3.62. The Morgan fingerprint density at radius 1 is 1.02 bits per heavy atom. The predicted molar refractivity (Wildman–Crippen MR) is 168 cm³/mol. The van der Waals surface area contributed by atoms with E-state index in [0.29, 0.717) is 59.1 Å². The Bertz CT molecular complexity index is 1800. The lowest BCUT2D eigenvalue weighted by Gasteiger charge is -2.32. The van der Waals surface area contributed by atoms with Gasteiger partial charge in [0.1, 0.15) is 22.5 Å². The largest absolute Gasteiger partial charge is 0.416 e. The van der Waals surface area contributed by atoms with Crippen molar-refractivity contribution in [3.8, 4) is 16.5 Å². The summed E-state index contributed by atoms with van der Waals surface area (Å²) in [5.41, 5.74) is -3.98. The van der Waals surface area contributed by atoms with Crippen LogP contribution in [0, 0.1) is 30.0 Å². The summed E-state index contributed by atoms with van der Waals surface area (Å²) >= 11 is 1.20. The Kier molecular flexibility index (Phi) is 10.6. The number of hydrogen-bond donors (Lipinski definition) is 1. The number of hydrogen-bond acceptors (Lipinski definition) is 8. The van der Waals surface area contributed by atoms with Gasteiger partial charge >= 0.3 is 12.4 Å². The van der Waals surface area contributed by atoms with Gasteiger partial charge in [0.05, 0.1) is 46.5 Å². The van der Waals surface area contributed by atoms with Gasteiger partial charge in [-0.25, -0.2) is 4.39 Å². The third-order valence-corrected chi connectivity index (χ3v) is 10.1. The average Bonchev–Trinajstić information content (AvgIpc) is 3.35. The van der Waals surface area contributed by atoms with E-state index in [9.17, 15) is 49.2 Å². The Labute approximate surface area is 277 Å². The third kappa shape index (κ3) is 8.48. The number of halogens is 7. The zero-order valence-electron chi connectivity index (χ0n) is 26.3. The topological polar surface area (TPSA) is 99.5 Å². The number of carbonyl (C=O) groups is 1. The summed E-state index contributed by atoms with van der Waals surface area (Å²) in [5.74, 6) is -1.30. The first kappa shape index (κ1) is 37.1. The first-order valence-corrected chi connectivity index (χ1v) is 17.2. The number of aryl methyl sites for hydroxylation is 1. The minimum Gasteiger partial charge on any atom is -0.376 e. The molecule has 0 aliphatic carbocycles. The number of rotatable bonds is 10. The molecule has 1 N–H and O–H groups in total. The van der Waals surface area contributed by atoms with Gasteiger partial charge in [0, 0.05) is 13.1 Å². The van der Waals surface area contributed by atoms with Gasteiger partial charge in [0.15, 0.2) is 5.78 Å². The van der Waals surface area contributed by atoms with Crippen LogP contribution in [0.3, 0.4) is 0 Å². The minimum atomic E-state index is -5.10. The number of piperidine rings is 1. The van der Waals surface area contributed by atoms with E-state index >= 15 is 0 Å². The number of alkyl halides is 6. The maximum absolute atomic E-state index is 14.0. The normalized spacial score (nSPS) is 15.0. The molecule has 1 saturated heterocycles. The van der Waals surface area contributed by atoms with Crippen molar-refractivity contribution in [2.45, 2.75) is 51.4 Å². The number of ketones is 1. The van der Waals surface area contributed by atoms with Crippen molar-refractivity contribution < 1.29 is 48.1 Å². The number of anilines is 2. The van der Waals surface area contributed by atoms with E-state index in [1.165, 1.54) is 43.4 Å². The fraction of sp³-hybridized carbons (Fsp3) is 0.438. The van der Waals surface area contributed by atoms with Crippen LogP contribution in [-0.2, 0) is 36.9 Å². The van der Waals surface area contributed by atoms with E-state index in [0.717, 1.165) is 6.26 Å². The summed E-state index contributed by atoms with van der Waals surface area (Å²) < 4.78 is 123. The smallest absolute Gasteiger partial charge is 0.376 e. The SMILES string of the molecule is Cc1cc(F)ccc1-c1sc(N2CCC(COS(C)(=O)=O)CC2)c(C#N)c1NCC(=O)C(C)(C)c1cc(C(F)(F)F)cc(C(F)(F)F)c1. The van der Waals surface area contributed by atoms with Crippen LogP contribution in [0.25, 0.3) is 10.4 Å². The standard InChI is InChI=1S/C32H32F7N3O4S2/c1-18-11-23(33)5-6-24(18)28-27(25(15-40)29(47-28)42-9-7-19(8-10-42)17-46-48(4,44)45)41-16-26(43)30(2,3)20-12-21(31(34,35)36)14-22(13-20)32(37,38)39/h5-6,11-14,19,41H,7-10,16-17H2,1-4H3. The lowest BCUT2D eigenvalue weighted by Crippen LogP contribution is -2.35. The van der Waals surface area contributed by atoms with Gasteiger partial charge in [-0.1, -0.05) is 6.07 Å². The van der Waals surface area contributed by atoms with Gasteiger partial charge in [0.25, 0.3) is 10.1 Å². The predicted octanol–water partition coefficient (Wildman–Crippen LogP) is 7.92. The minimum absolute atomic E-state index is 0.00673. The molecule has 0 spiro atoms. The molecule has 0 unspecified atom stereocenters. The van der Waals surface area contributed by atoms with Crippen LogP contribution in [0.15, 0.2) is 36.4 Å². The number of benzene rings is 2. The maximum atomic E-state index is 14.0. The van der Waals surface area contributed by atoms with E-state index in [2.05, 4.69) is 11.4 Å². The van der Waals surface area contributed by atoms with Gasteiger partial charge in [0.2, 0.25) is 0 Å². The summed E-state index contributed by atoms with van der Waals surface area (Å²) in [4.78, 5) is 16.0.